The van der Waals surface area contributed by atoms with Gasteiger partial charge in [0.2, 0.25) is 0 Å². The zero-order valence-corrected chi connectivity index (χ0v) is 12.0. The molecule has 2 rings (SSSR count). The van der Waals surface area contributed by atoms with Crippen molar-refractivity contribution in [2.75, 3.05) is 13.2 Å². The maximum Gasteiger partial charge on any atom is 0.329 e. The number of amides is 1. The monoisotopic (exact) mass is 317 g/mol. The van der Waals surface area contributed by atoms with Gasteiger partial charge in [-0.05, 0) is 18.2 Å². The Labute approximate surface area is 125 Å². The van der Waals surface area contributed by atoms with E-state index < -0.39 is 17.4 Å². The maximum absolute atomic E-state index is 12.2. The van der Waals surface area contributed by atoms with E-state index in [0.29, 0.717) is 23.3 Å². The van der Waals surface area contributed by atoms with Crippen LogP contribution in [-0.2, 0) is 9.53 Å². The van der Waals surface area contributed by atoms with Crippen LogP contribution in [0.25, 0.3) is 0 Å². The summed E-state index contributed by atoms with van der Waals surface area (Å²) in [5.74, 6) is -1.58. The summed E-state index contributed by atoms with van der Waals surface area (Å²) in [5.41, 5.74) is -1.07. The van der Waals surface area contributed by atoms with Gasteiger partial charge in [0.25, 0.3) is 5.91 Å². The number of rotatable bonds is 3. The van der Waals surface area contributed by atoms with Crippen LogP contribution in [0.2, 0.25) is 10.0 Å². The molecule has 0 aromatic heterocycles. The Morgan fingerprint density at radius 1 is 1.15 bits per heavy atom. The highest BCUT2D eigenvalue weighted by molar-refractivity contribution is 6.35. The van der Waals surface area contributed by atoms with Crippen molar-refractivity contribution >= 4 is 35.1 Å². The topological polar surface area (TPSA) is 75.6 Å². The minimum Gasteiger partial charge on any atom is -0.480 e. The molecule has 0 unspecified atom stereocenters. The normalized spacial score (nSPS) is 17.5. The Hall–Kier alpha value is -1.30. The standard InChI is InChI=1S/C13H13Cl2NO4/c14-9-5-8(6-10(15)7-9)11(17)16-13(12(18)19)1-3-20-4-2-13/h5-7H,1-4H2,(H,16,17)(H,18,19). The van der Waals surface area contributed by atoms with E-state index in [4.69, 9.17) is 27.9 Å². The second-order valence-electron chi connectivity index (χ2n) is 4.61. The van der Waals surface area contributed by atoms with Crippen LogP contribution in [0.3, 0.4) is 0 Å². The third kappa shape index (κ3) is 3.23. The van der Waals surface area contributed by atoms with Gasteiger partial charge in [0, 0.05) is 41.7 Å². The highest BCUT2D eigenvalue weighted by Crippen LogP contribution is 2.23. The number of carbonyl (C=O) groups excluding carboxylic acids is 1. The molecule has 1 aromatic rings. The molecule has 1 aromatic carbocycles. The smallest absolute Gasteiger partial charge is 0.329 e. The van der Waals surface area contributed by atoms with Crippen LogP contribution in [0.15, 0.2) is 18.2 Å². The first-order valence-electron chi connectivity index (χ1n) is 6.03. The Morgan fingerprint density at radius 2 is 1.70 bits per heavy atom. The van der Waals surface area contributed by atoms with Crippen LogP contribution in [0.5, 0.6) is 0 Å². The molecular weight excluding hydrogens is 305 g/mol. The number of carboxylic acids is 1. The average Bonchev–Trinajstić information content (AvgIpc) is 2.38. The lowest BCUT2D eigenvalue weighted by atomic mass is 9.89. The molecule has 0 bridgehead atoms. The fraction of sp³-hybridized carbons (Fsp3) is 0.385. The van der Waals surface area contributed by atoms with Gasteiger partial charge in [-0.15, -0.1) is 0 Å². The molecule has 0 atom stereocenters. The average molecular weight is 318 g/mol. The summed E-state index contributed by atoms with van der Waals surface area (Å²) < 4.78 is 5.14. The SMILES string of the molecule is O=C(NC1(C(=O)O)CCOCC1)c1cc(Cl)cc(Cl)c1. The van der Waals surface area contributed by atoms with Gasteiger partial charge in [0.05, 0.1) is 0 Å². The predicted octanol–water partition coefficient (Wildman–Crippen LogP) is 2.36. The number of benzene rings is 1. The molecule has 1 fully saturated rings. The van der Waals surface area contributed by atoms with Gasteiger partial charge in [0.1, 0.15) is 5.54 Å². The molecule has 0 saturated carbocycles. The van der Waals surface area contributed by atoms with Gasteiger partial charge in [-0.2, -0.15) is 0 Å². The third-order valence-electron chi connectivity index (χ3n) is 3.23. The molecule has 1 saturated heterocycles. The minimum atomic E-state index is -1.30. The van der Waals surface area contributed by atoms with Crippen molar-refractivity contribution in [3.63, 3.8) is 0 Å². The van der Waals surface area contributed by atoms with Gasteiger partial charge < -0.3 is 15.2 Å². The van der Waals surface area contributed by atoms with Crippen LogP contribution in [0.1, 0.15) is 23.2 Å². The maximum atomic E-state index is 12.2. The summed E-state index contributed by atoms with van der Waals surface area (Å²) in [6, 6.07) is 4.39. The number of carboxylic acid groups (broad SMARTS) is 1. The highest BCUT2D eigenvalue weighted by Gasteiger charge is 2.41. The summed E-state index contributed by atoms with van der Waals surface area (Å²) >= 11 is 11.7. The summed E-state index contributed by atoms with van der Waals surface area (Å²) in [5, 5.41) is 12.6. The molecular formula is C13H13Cl2NO4. The summed E-state index contributed by atoms with van der Waals surface area (Å²) in [7, 11) is 0. The second kappa shape index (κ2) is 5.99. The first kappa shape index (κ1) is 15.1. The molecule has 20 heavy (non-hydrogen) atoms. The fourth-order valence-corrected chi connectivity index (χ4v) is 2.61. The Balaban J connectivity index is 2.22. The van der Waals surface area contributed by atoms with E-state index in [2.05, 4.69) is 5.32 Å². The molecule has 1 aliphatic rings. The van der Waals surface area contributed by atoms with Gasteiger partial charge in [-0.25, -0.2) is 4.79 Å². The van der Waals surface area contributed by atoms with Crippen LogP contribution >= 0.6 is 23.2 Å². The number of aliphatic carboxylic acids is 1. The zero-order valence-electron chi connectivity index (χ0n) is 10.5. The lowest BCUT2D eigenvalue weighted by molar-refractivity contribution is -0.148. The number of halogens is 2. The van der Waals surface area contributed by atoms with Crippen LogP contribution in [0.4, 0.5) is 0 Å². The lowest BCUT2D eigenvalue weighted by Crippen LogP contribution is -2.57. The molecule has 0 aliphatic carbocycles. The van der Waals surface area contributed by atoms with Crippen molar-refractivity contribution in [3.8, 4) is 0 Å². The van der Waals surface area contributed by atoms with E-state index >= 15 is 0 Å². The number of hydrogen-bond acceptors (Lipinski definition) is 3. The van der Waals surface area contributed by atoms with E-state index in [1.165, 1.54) is 18.2 Å². The fourth-order valence-electron chi connectivity index (χ4n) is 2.09. The Kier molecular flexibility index (Phi) is 4.52. The highest BCUT2D eigenvalue weighted by atomic mass is 35.5. The quantitative estimate of drug-likeness (QED) is 0.897. The molecule has 108 valence electrons. The largest absolute Gasteiger partial charge is 0.480 e. The molecule has 1 amide bonds. The van der Waals surface area contributed by atoms with Crippen LogP contribution in [-0.4, -0.2) is 35.7 Å². The van der Waals surface area contributed by atoms with E-state index in [9.17, 15) is 14.7 Å². The molecule has 5 nitrogen and oxygen atoms in total. The number of hydrogen-bond donors (Lipinski definition) is 2. The summed E-state index contributed by atoms with van der Waals surface area (Å²) in [4.78, 5) is 23.6. The second-order valence-corrected chi connectivity index (χ2v) is 5.48. The summed E-state index contributed by atoms with van der Waals surface area (Å²) in [6.07, 6.45) is 0.449. The van der Waals surface area contributed by atoms with E-state index in [-0.39, 0.29) is 18.4 Å². The van der Waals surface area contributed by atoms with Crippen molar-refractivity contribution in [2.24, 2.45) is 0 Å². The van der Waals surface area contributed by atoms with Crippen molar-refractivity contribution in [1.82, 2.24) is 5.32 Å². The minimum absolute atomic E-state index is 0.225. The molecule has 1 aliphatic heterocycles. The van der Waals surface area contributed by atoms with Crippen molar-refractivity contribution in [1.29, 1.82) is 0 Å². The third-order valence-corrected chi connectivity index (χ3v) is 3.67. The molecule has 1 heterocycles. The molecule has 0 spiro atoms. The van der Waals surface area contributed by atoms with Gasteiger partial charge in [-0.1, -0.05) is 23.2 Å². The molecule has 0 radical (unpaired) electrons. The number of carbonyl (C=O) groups is 2. The Morgan fingerprint density at radius 3 is 2.20 bits per heavy atom. The van der Waals surface area contributed by atoms with Gasteiger partial charge >= 0.3 is 5.97 Å². The first-order chi connectivity index (χ1) is 9.43. The zero-order chi connectivity index (χ0) is 14.8. The number of ether oxygens (including phenoxy) is 1. The Bertz CT molecular complexity index is 521. The molecule has 7 heteroatoms. The first-order valence-corrected chi connectivity index (χ1v) is 6.78. The van der Waals surface area contributed by atoms with Gasteiger partial charge in [-0.3, -0.25) is 4.79 Å². The molecule has 2 N–H and O–H groups in total. The van der Waals surface area contributed by atoms with Crippen molar-refractivity contribution < 1.29 is 19.4 Å². The predicted molar refractivity (Wildman–Crippen MR) is 74.3 cm³/mol. The summed E-state index contributed by atoms with van der Waals surface area (Å²) in [6.45, 7) is 0.589. The number of nitrogens with one attached hydrogen (secondary N) is 1. The van der Waals surface area contributed by atoms with Gasteiger partial charge in [0.15, 0.2) is 0 Å². The van der Waals surface area contributed by atoms with Crippen LogP contribution in [0, 0.1) is 0 Å². The van der Waals surface area contributed by atoms with E-state index in [1.54, 1.807) is 0 Å². The van der Waals surface area contributed by atoms with E-state index in [0.717, 1.165) is 0 Å². The van der Waals surface area contributed by atoms with E-state index in [1.807, 2.05) is 0 Å². The van der Waals surface area contributed by atoms with Crippen molar-refractivity contribution in [2.45, 2.75) is 18.4 Å². The lowest BCUT2D eigenvalue weighted by Gasteiger charge is -2.33. The van der Waals surface area contributed by atoms with Crippen molar-refractivity contribution in [3.05, 3.63) is 33.8 Å². The van der Waals surface area contributed by atoms with Crippen LogP contribution < -0.4 is 5.32 Å².